The first-order chi connectivity index (χ1) is 21.2. The first-order valence-electron chi connectivity index (χ1n) is 14.5. The van der Waals surface area contributed by atoms with Gasteiger partial charge >= 0.3 is 0 Å². The Bertz CT molecular complexity index is 2300. The van der Waals surface area contributed by atoms with E-state index >= 15 is 0 Å². The Morgan fingerprint density at radius 1 is 0.512 bits per heavy atom. The smallest absolute Gasteiger partial charge is 0.0470 e. The molecule has 2 nitrogen and oxygen atoms in total. The van der Waals surface area contributed by atoms with Gasteiger partial charge in [0, 0.05) is 54.0 Å². The standard InChI is InChI=1S/C40H28N2S/c1-2-27-11-10-15-31(23-27)42(30-13-4-3-5-14-30)32-20-22-40-37(26-32)36-25-29(19-21-39(36)43-40)41-38-24-28-12-6-7-16-33(28)34-17-8-9-18-35(34)38/h2-26,41H,1H2. The number of rotatable bonds is 6. The fourth-order valence-electron chi connectivity index (χ4n) is 6.11. The number of nitrogens with zero attached hydrogens (tertiary/aromatic N) is 1. The van der Waals surface area contributed by atoms with Gasteiger partial charge < -0.3 is 10.2 Å². The Labute approximate surface area is 254 Å². The predicted octanol–water partition coefficient (Wildman–Crippen LogP) is 12.2. The normalized spacial score (nSPS) is 11.3. The molecule has 204 valence electrons. The number of anilines is 5. The topological polar surface area (TPSA) is 15.3 Å². The molecule has 8 rings (SSSR count). The molecule has 0 atom stereocenters. The molecule has 0 saturated carbocycles. The average Bonchev–Trinajstić information content (AvgIpc) is 3.43. The van der Waals surface area contributed by atoms with Crippen molar-refractivity contribution in [1.29, 1.82) is 0 Å². The monoisotopic (exact) mass is 568 g/mol. The van der Waals surface area contributed by atoms with Crippen molar-refractivity contribution in [2.45, 2.75) is 0 Å². The number of hydrogen-bond donors (Lipinski definition) is 1. The summed E-state index contributed by atoms with van der Waals surface area (Å²) in [6.45, 7) is 3.99. The molecule has 0 unspecified atom stereocenters. The van der Waals surface area contributed by atoms with Crippen molar-refractivity contribution in [1.82, 2.24) is 0 Å². The SMILES string of the molecule is C=Cc1cccc(N(c2ccccc2)c2ccc3sc4ccc(Nc5cc6ccccc6c6ccccc56)cc4c3c2)c1. The molecule has 0 fully saturated rings. The van der Waals surface area contributed by atoms with Crippen LogP contribution in [0.3, 0.4) is 0 Å². The highest BCUT2D eigenvalue weighted by molar-refractivity contribution is 7.25. The lowest BCUT2D eigenvalue weighted by Gasteiger charge is -2.26. The minimum Gasteiger partial charge on any atom is -0.355 e. The number of hydrogen-bond acceptors (Lipinski definition) is 3. The van der Waals surface area contributed by atoms with Crippen LogP contribution in [0.25, 0.3) is 47.8 Å². The van der Waals surface area contributed by atoms with Crippen molar-refractivity contribution < 1.29 is 0 Å². The van der Waals surface area contributed by atoms with Crippen molar-refractivity contribution in [2.24, 2.45) is 0 Å². The van der Waals surface area contributed by atoms with Gasteiger partial charge in [-0.15, -0.1) is 11.3 Å². The van der Waals surface area contributed by atoms with E-state index in [0.717, 1.165) is 34.0 Å². The number of benzene rings is 7. The Hall–Kier alpha value is -5.38. The largest absolute Gasteiger partial charge is 0.355 e. The van der Waals surface area contributed by atoms with Gasteiger partial charge in [0.2, 0.25) is 0 Å². The summed E-state index contributed by atoms with van der Waals surface area (Å²) in [4.78, 5) is 2.32. The highest BCUT2D eigenvalue weighted by Crippen LogP contribution is 2.42. The fraction of sp³-hybridized carbons (Fsp3) is 0. The lowest BCUT2D eigenvalue weighted by Crippen LogP contribution is -2.09. The average molecular weight is 569 g/mol. The Morgan fingerprint density at radius 3 is 2.02 bits per heavy atom. The third-order valence-corrected chi connectivity index (χ3v) is 9.29. The van der Waals surface area contributed by atoms with Gasteiger partial charge in [-0.05, 0) is 88.5 Å². The van der Waals surface area contributed by atoms with Crippen LogP contribution in [0.1, 0.15) is 5.56 Å². The molecule has 0 amide bonds. The molecule has 1 heterocycles. The maximum atomic E-state index is 3.99. The van der Waals surface area contributed by atoms with Crippen LogP contribution in [-0.2, 0) is 0 Å². The predicted molar refractivity (Wildman–Crippen MR) is 189 cm³/mol. The van der Waals surface area contributed by atoms with Crippen LogP contribution < -0.4 is 10.2 Å². The van der Waals surface area contributed by atoms with E-state index in [2.05, 4.69) is 162 Å². The summed E-state index contributed by atoms with van der Waals surface area (Å²) < 4.78 is 2.56. The number of para-hydroxylation sites is 1. The van der Waals surface area contributed by atoms with E-state index in [-0.39, 0.29) is 0 Å². The quantitative estimate of drug-likeness (QED) is 0.201. The van der Waals surface area contributed by atoms with E-state index in [9.17, 15) is 0 Å². The van der Waals surface area contributed by atoms with Crippen molar-refractivity contribution in [2.75, 3.05) is 10.2 Å². The third-order valence-electron chi connectivity index (χ3n) is 8.14. The lowest BCUT2D eigenvalue weighted by molar-refractivity contribution is 1.29. The van der Waals surface area contributed by atoms with Gasteiger partial charge in [0.1, 0.15) is 0 Å². The molecule has 0 bridgehead atoms. The van der Waals surface area contributed by atoms with Gasteiger partial charge in [-0.25, -0.2) is 0 Å². The summed E-state index contributed by atoms with van der Waals surface area (Å²) in [6.07, 6.45) is 1.90. The Morgan fingerprint density at radius 2 is 1.19 bits per heavy atom. The van der Waals surface area contributed by atoms with Crippen LogP contribution in [0, 0.1) is 0 Å². The molecule has 1 N–H and O–H groups in total. The van der Waals surface area contributed by atoms with Gasteiger partial charge in [0.15, 0.2) is 0 Å². The second-order valence-electron chi connectivity index (χ2n) is 10.8. The second-order valence-corrected chi connectivity index (χ2v) is 11.9. The highest BCUT2D eigenvalue weighted by Gasteiger charge is 2.15. The summed E-state index contributed by atoms with van der Waals surface area (Å²) in [5, 5.41) is 11.3. The summed E-state index contributed by atoms with van der Waals surface area (Å²) >= 11 is 1.84. The van der Waals surface area contributed by atoms with E-state index in [4.69, 9.17) is 0 Å². The van der Waals surface area contributed by atoms with Crippen molar-refractivity contribution in [3.63, 3.8) is 0 Å². The zero-order valence-corrected chi connectivity index (χ0v) is 24.3. The molecular formula is C40H28N2S. The van der Waals surface area contributed by atoms with Gasteiger partial charge in [-0.2, -0.15) is 0 Å². The molecule has 3 heteroatoms. The number of nitrogens with one attached hydrogen (secondary N) is 1. The van der Waals surface area contributed by atoms with Crippen LogP contribution in [-0.4, -0.2) is 0 Å². The molecule has 8 aromatic rings. The molecule has 1 aromatic heterocycles. The van der Waals surface area contributed by atoms with E-state index in [1.54, 1.807) is 0 Å². The number of fused-ring (bicyclic) bond motifs is 6. The van der Waals surface area contributed by atoms with Gasteiger partial charge in [-0.1, -0.05) is 91.5 Å². The maximum Gasteiger partial charge on any atom is 0.0470 e. The van der Waals surface area contributed by atoms with Gasteiger partial charge in [-0.3, -0.25) is 0 Å². The van der Waals surface area contributed by atoms with Crippen LogP contribution in [0.5, 0.6) is 0 Å². The molecule has 0 saturated heterocycles. The first kappa shape index (κ1) is 25.3. The first-order valence-corrected chi connectivity index (χ1v) is 15.3. The molecule has 0 aliphatic heterocycles. The van der Waals surface area contributed by atoms with Crippen LogP contribution in [0.2, 0.25) is 0 Å². The summed E-state index contributed by atoms with van der Waals surface area (Å²) in [7, 11) is 0. The molecule has 7 aromatic carbocycles. The van der Waals surface area contributed by atoms with Crippen LogP contribution >= 0.6 is 11.3 Å². The van der Waals surface area contributed by atoms with Gasteiger partial charge in [0.25, 0.3) is 0 Å². The van der Waals surface area contributed by atoms with E-state index in [0.29, 0.717) is 0 Å². The van der Waals surface area contributed by atoms with Crippen molar-refractivity contribution in [3.8, 4) is 0 Å². The van der Waals surface area contributed by atoms with Crippen molar-refractivity contribution >= 4 is 87.6 Å². The summed E-state index contributed by atoms with van der Waals surface area (Å²) in [5.74, 6) is 0. The molecule has 0 aliphatic carbocycles. The maximum absolute atomic E-state index is 3.99. The fourth-order valence-corrected chi connectivity index (χ4v) is 7.18. The molecular weight excluding hydrogens is 541 g/mol. The zero-order chi connectivity index (χ0) is 28.8. The Kier molecular flexibility index (Phi) is 6.17. The molecule has 0 radical (unpaired) electrons. The van der Waals surface area contributed by atoms with Crippen LogP contribution in [0.15, 0.2) is 152 Å². The minimum absolute atomic E-state index is 1.08. The zero-order valence-electron chi connectivity index (χ0n) is 23.5. The highest BCUT2D eigenvalue weighted by atomic mass is 32.1. The minimum atomic E-state index is 1.08. The van der Waals surface area contributed by atoms with E-state index < -0.39 is 0 Å². The van der Waals surface area contributed by atoms with E-state index in [1.165, 1.54) is 41.7 Å². The van der Waals surface area contributed by atoms with Crippen LogP contribution in [0.4, 0.5) is 28.4 Å². The van der Waals surface area contributed by atoms with E-state index in [1.807, 2.05) is 17.4 Å². The molecule has 0 aliphatic rings. The van der Waals surface area contributed by atoms with Crippen molar-refractivity contribution in [3.05, 3.63) is 158 Å². The molecule has 43 heavy (non-hydrogen) atoms. The number of thiophene rings is 1. The van der Waals surface area contributed by atoms with Gasteiger partial charge in [0.05, 0.1) is 0 Å². The lowest BCUT2D eigenvalue weighted by atomic mass is 10.00. The second kappa shape index (κ2) is 10.5. The summed E-state index contributed by atoms with van der Waals surface area (Å²) in [5.41, 5.74) is 6.64. The molecule has 0 spiro atoms. The Balaban J connectivity index is 1.26. The summed E-state index contributed by atoms with van der Waals surface area (Å²) in [6, 6.07) is 52.2. The third kappa shape index (κ3) is 4.51.